The lowest BCUT2D eigenvalue weighted by Gasteiger charge is -2.18. The van der Waals surface area contributed by atoms with Crippen LogP contribution in [0.2, 0.25) is 0 Å². The predicted octanol–water partition coefficient (Wildman–Crippen LogP) is 4.57. The number of pyridine rings is 1. The summed E-state index contributed by atoms with van der Waals surface area (Å²) in [7, 11) is 1.60. The van der Waals surface area contributed by atoms with Crippen LogP contribution in [0.5, 0.6) is 0 Å². The first kappa shape index (κ1) is 19.7. The average Bonchev–Trinajstić information content (AvgIpc) is 3.25. The van der Waals surface area contributed by atoms with Crippen LogP contribution >= 0.6 is 0 Å². The Labute approximate surface area is 169 Å². The molecule has 0 unspecified atom stereocenters. The van der Waals surface area contributed by atoms with E-state index in [1.807, 2.05) is 0 Å². The Morgan fingerprint density at radius 1 is 1.13 bits per heavy atom. The van der Waals surface area contributed by atoms with Gasteiger partial charge >= 0.3 is 0 Å². The minimum absolute atomic E-state index is 0.0916. The normalized spacial score (nSPS) is 12.5. The molecule has 6 nitrogen and oxygen atoms in total. The summed E-state index contributed by atoms with van der Waals surface area (Å²) in [5.74, 6) is -0.594. The number of halogens is 3. The number of fused-ring (bicyclic) bond motifs is 1. The van der Waals surface area contributed by atoms with Crippen LogP contribution in [0.15, 0.2) is 53.7 Å². The van der Waals surface area contributed by atoms with Gasteiger partial charge in [-0.05, 0) is 25.1 Å². The highest BCUT2D eigenvalue weighted by atomic mass is 19.3. The molecule has 0 radical (unpaired) electrons. The number of anilines is 1. The van der Waals surface area contributed by atoms with Crippen molar-refractivity contribution in [1.82, 2.24) is 19.5 Å². The van der Waals surface area contributed by atoms with E-state index in [-0.39, 0.29) is 11.1 Å². The van der Waals surface area contributed by atoms with Crippen LogP contribution in [0.1, 0.15) is 30.5 Å². The van der Waals surface area contributed by atoms with Crippen molar-refractivity contribution in [2.24, 2.45) is 7.05 Å². The maximum Gasteiger partial charge on any atom is 0.266 e. The number of hydrogen-bond donors (Lipinski definition) is 2. The summed E-state index contributed by atoms with van der Waals surface area (Å²) in [6.07, 6.45) is 0.0901. The molecule has 3 aromatic heterocycles. The zero-order valence-electron chi connectivity index (χ0n) is 16.2. The third-order valence-electron chi connectivity index (χ3n) is 5.01. The highest BCUT2D eigenvalue weighted by molar-refractivity contribution is 5.89. The van der Waals surface area contributed by atoms with Crippen molar-refractivity contribution in [1.29, 1.82) is 0 Å². The summed E-state index contributed by atoms with van der Waals surface area (Å²) < 4.78 is 42.1. The van der Waals surface area contributed by atoms with Gasteiger partial charge in [0.2, 0.25) is 0 Å². The second kappa shape index (κ2) is 7.66. The van der Waals surface area contributed by atoms with E-state index in [1.165, 1.54) is 23.0 Å². The maximum absolute atomic E-state index is 14.6. The summed E-state index contributed by atoms with van der Waals surface area (Å²) in [6, 6.07) is 8.45. The van der Waals surface area contributed by atoms with Crippen LogP contribution in [0.4, 0.5) is 19.0 Å². The molecule has 0 spiro atoms. The molecule has 0 aliphatic heterocycles. The van der Waals surface area contributed by atoms with Crippen molar-refractivity contribution in [2.45, 2.75) is 19.4 Å². The molecule has 4 aromatic rings. The van der Waals surface area contributed by atoms with Crippen molar-refractivity contribution in [3.05, 3.63) is 76.2 Å². The standard InChI is InChI=1S/C21H18F3N5O/c1-11(12-5-3-6-13(17(12)22)18(23)24)28-19-15-9-14(16-7-4-8-25-16)21(30)29(2)20(15)27-10-26-19/h3-11,18,25H,1-2H3,(H,26,27,28)/t11-/m1/s1. The number of nitrogens with zero attached hydrogens (tertiary/aromatic N) is 3. The Morgan fingerprint density at radius 3 is 2.60 bits per heavy atom. The van der Waals surface area contributed by atoms with Crippen LogP contribution in [0.3, 0.4) is 0 Å². The van der Waals surface area contributed by atoms with Crippen LogP contribution in [0, 0.1) is 5.82 Å². The average molecular weight is 413 g/mol. The van der Waals surface area contributed by atoms with Crippen LogP contribution in [-0.2, 0) is 7.05 Å². The molecule has 2 N–H and O–H groups in total. The Bertz CT molecular complexity index is 1270. The molecular weight excluding hydrogens is 395 g/mol. The van der Waals surface area contributed by atoms with Crippen molar-refractivity contribution in [3.63, 3.8) is 0 Å². The lowest BCUT2D eigenvalue weighted by atomic mass is 10.0. The number of H-pyrrole nitrogens is 1. The van der Waals surface area contributed by atoms with Gasteiger partial charge in [0.15, 0.2) is 0 Å². The number of alkyl halides is 2. The molecule has 0 aliphatic carbocycles. The van der Waals surface area contributed by atoms with Gasteiger partial charge in [-0.25, -0.2) is 23.1 Å². The molecule has 9 heteroatoms. The van der Waals surface area contributed by atoms with E-state index in [1.54, 1.807) is 38.4 Å². The van der Waals surface area contributed by atoms with Crippen LogP contribution < -0.4 is 10.9 Å². The van der Waals surface area contributed by atoms with Gasteiger partial charge in [-0.1, -0.05) is 18.2 Å². The van der Waals surface area contributed by atoms with Gasteiger partial charge in [0.1, 0.15) is 23.6 Å². The zero-order chi connectivity index (χ0) is 21.4. The van der Waals surface area contributed by atoms with Gasteiger partial charge < -0.3 is 10.3 Å². The van der Waals surface area contributed by atoms with Gasteiger partial charge in [0, 0.05) is 18.8 Å². The molecule has 1 atom stereocenters. The largest absolute Gasteiger partial charge is 0.363 e. The molecule has 4 rings (SSSR count). The van der Waals surface area contributed by atoms with Crippen molar-refractivity contribution in [3.8, 4) is 11.3 Å². The first-order valence-corrected chi connectivity index (χ1v) is 9.20. The third-order valence-corrected chi connectivity index (χ3v) is 5.01. The molecule has 0 amide bonds. The minimum Gasteiger partial charge on any atom is -0.363 e. The van der Waals surface area contributed by atoms with Gasteiger partial charge in [-0.2, -0.15) is 0 Å². The summed E-state index contributed by atoms with van der Waals surface area (Å²) in [4.78, 5) is 24.1. The second-order valence-electron chi connectivity index (χ2n) is 6.88. The van der Waals surface area contributed by atoms with E-state index in [0.29, 0.717) is 28.1 Å². The predicted molar refractivity (Wildman–Crippen MR) is 108 cm³/mol. The fraction of sp³-hybridized carbons (Fsp3) is 0.190. The van der Waals surface area contributed by atoms with Gasteiger partial charge in [-0.3, -0.25) is 9.36 Å². The molecule has 30 heavy (non-hydrogen) atoms. The topological polar surface area (TPSA) is 75.6 Å². The third kappa shape index (κ3) is 3.32. The van der Waals surface area contributed by atoms with Gasteiger partial charge in [0.05, 0.1) is 28.2 Å². The van der Waals surface area contributed by atoms with E-state index >= 15 is 0 Å². The zero-order valence-corrected chi connectivity index (χ0v) is 16.2. The van der Waals surface area contributed by atoms with Gasteiger partial charge in [-0.15, -0.1) is 0 Å². The lowest BCUT2D eigenvalue weighted by Crippen LogP contribution is -2.21. The molecular formula is C21H18F3N5O. The minimum atomic E-state index is -2.91. The number of rotatable bonds is 5. The molecule has 3 heterocycles. The molecule has 0 saturated carbocycles. The molecule has 0 saturated heterocycles. The van der Waals surface area contributed by atoms with E-state index < -0.39 is 23.8 Å². The molecule has 0 fully saturated rings. The molecule has 1 aromatic carbocycles. The summed E-state index contributed by atoms with van der Waals surface area (Å²) in [5.41, 5.74) is 0.654. The number of aryl methyl sites for hydroxylation is 1. The number of nitrogens with one attached hydrogen (secondary N) is 2. The quantitative estimate of drug-likeness (QED) is 0.503. The van der Waals surface area contributed by atoms with Crippen LogP contribution in [-0.4, -0.2) is 19.5 Å². The Morgan fingerprint density at radius 2 is 1.90 bits per heavy atom. The SMILES string of the molecule is C[C@@H](Nc1ncnc2c1cc(-c1ccc[nH]1)c(=O)n2C)c1cccc(C(F)F)c1F. The Kier molecular flexibility index (Phi) is 5.03. The molecule has 0 aliphatic rings. The van der Waals surface area contributed by atoms with Crippen molar-refractivity contribution >= 4 is 16.9 Å². The van der Waals surface area contributed by atoms with E-state index in [4.69, 9.17) is 0 Å². The molecule has 154 valence electrons. The maximum atomic E-state index is 14.6. The van der Waals surface area contributed by atoms with Crippen LogP contribution in [0.25, 0.3) is 22.3 Å². The summed E-state index contributed by atoms with van der Waals surface area (Å²) in [6.45, 7) is 1.65. The Hall–Kier alpha value is -3.62. The highest BCUT2D eigenvalue weighted by Crippen LogP contribution is 2.30. The Balaban J connectivity index is 1.80. The summed E-state index contributed by atoms with van der Waals surface area (Å²) in [5, 5.41) is 3.61. The fourth-order valence-corrected chi connectivity index (χ4v) is 3.43. The number of hydrogen-bond acceptors (Lipinski definition) is 4. The number of benzene rings is 1. The monoisotopic (exact) mass is 413 g/mol. The van der Waals surface area contributed by atoms with E-state index in [9.17, 15) is 18.0 Å². The molecule has 0 bridgehead atoms. The first-order valence-electron chi connectivity index (χ1n) is 9.20. The highest BCUT2D eigenvalue weighted by Gasteiger charge is 2.21. The van der Waals surface area contributed by atoms with E-state index in [2.05, 4.69) is 20.3 Å². The summed E-state index contributed by atoms with van der Waals surface area (Å²) >= 11 is 0. The van der Waals surface area contributed by atoms with E-state index in [0.717, 1.165) is 6.07 Å². The fourth-order valence-electron chi connectivity index (χ4n) is 3.43. The van der Waals surface area contributed by atoms with Crippen molar-refractivity contribution < 1.29 is 13.2 Å². The van der Waals surface area contributed by atoms with Gasteiger partial charge in [0.25, 0.3) is 12.0 Å². The smallest absolute Gasteiger partial charge is 0.266 e. The number of aromatic nitrogens is 4. The lowest BCUT2D eigenvalue weighted by molar-refractivity contribution is 0.146. The first-order chi connectivity index (χ1) is 14.4. The van der Waals surface area contributed by atoms with Crippen molar-refractivity contribution in [2.75, 3.05) is 5.32 Å². The second-order valence-corrected chi connectivity index (χ2v) is 6.88. The number of aromatic amines is 1.